The van der Waals surface area contributed by atoms with E-state index in [-0.39, 0.29) is 10.5 Å². The van der Waals surface area contributed by atoms with Gasteiger partial charge in [-0.15, -0.1) is 0 Å². The first kappa shape index (κ1) is 16.1. The lowest BCUT2D eigenvalue weighted by Gasteiger charge is -2.18. The lowest BCUT2D eigenvalue weighted by Crippen LogP contribution is -2.44. The molecule has 1 aromatic rings. The van der Waals surface area contributed by atoms with Crippen LogP contribution in [0.5, 0.6) is 0 Å². The Kier molecular flexibility index (Phi) is 4.87. The quantitative estimate of drug-likeness (QED) is 0.850. The van der Waals surface area contributed by atoms with Crippen LogP contribution in [-0.4, -0.2) is 25.5 Å². The average molecular weight is 296 g/mol. The van der Waals surface area contributed by atoms with Crippen LogP contribution in [0.15, 0.2) is 23.1 Å². The van der Waals surface area contributed by atoms with Crippen molar-refractivity contribution >= 4 is 16.0 Å². The van der Waals surface area contributed by atoms with Crippen LogP contribution in [-0.2, 0) is 14.8 Å². The summed E-state index contributed by atoms with van der Waals surface area (Å²) in [7, 11) is -3.99. The van der Waals surface area contributed by atoms with E-state index in [1.165, 1.54) is 18.2 Å². The van der Waals surface area contributed by atoms with Gasteiger partial charge in [0, 0.05) is 0 Å². The minimum absolute atomic E-state index is 0.0801. The lowest BCUT2D eigenvalue weighted by atomic mass is 10.1. The van der Waals surface area contributed by atoms with E-state index in [4.69, 9.17) is 10.4 Å². The number of rotatable bonds is 5. The van der Waals surface area contributed by atoms with Crippen LogP contribution in [0.25, 0.3) is 0 Å². The third-order valence-electron chi connectivity index (χ3n) is 2.82. The third kappa shape index (κ3) is 3.56. The molecule has 20 heavy (non-hydrogen) atoms. The number of hydrogen-bond donors (Lipinski definition) is 2. The number of nitrogens with zero attached hydrogens (tertiary/aromatic N) is 1. The fourth-order valence-electron chi connectivity index (χ4n) is 1.66. The van der Waals surface area contributed by atoms with Crippen LogP contribution in [0.1, 0.15) is 25.0 Å². The molecule has 0 saturated carbocycles. The second-order valence-corrected chi connectivity index (χ2v) is 6.46. The van der Waals surface area contributed by atoms with E-state index in [2.05, 4.69) is 4.72 Å². The molecule has 0 spiro atoms. The lowest BCUT2D eigenvalue weighted by molar-refractivity contribution is -0.140. The first-order chi connectivity index (χ1) is 9.19. The van der Waals surface area contributed by atoms with Crippen LogP contribution in [0.4, 0.5) is 0 Å². The van der Waals surface area contributed by atoms with Gasteiger partial charge in [-0.3, -0.25) is 4.79 Å². The molecule has 0 radical (unpaired) electrons. The number of hydrogen-bond acceptors (Lipinski definition) is 4. The van der Waals surface area contributed by atoms with Crippen LogP contribution < -0.4 is 4.72 Å². The summed E-state index contributed by atoms with van der Waals surface area (Å²) in [4.78, 5) is 11.0. The highest BCUT2D eigenvalue weighted by Crippen LogP contribution is 2.18. The Morgan fingerprint density at radius 3 is 2.45 bits per heavy atom. The molecule has 0 aliphatic carbocycles. The maximum atomic E-state index is 12.3. The first-order valence-electron chi connectivity index (χ1n) is 5.95. The molecule has 0 aliphatic rings. The van der Waals surface area contributed by atoms with Crippen LogP contribution in [0.3, 0.4) is 0 Å². The summed E-state index contributed by atoms with van der Waals surface area (Å²) in [6.45, 7) is 4.81. The predicted molar refractivity (Wildman–Crippen MR) is 72.5 cm³/mol. The van der Waals surface area contributed by atoms with Gasteiger partial charge in [0.05, 0.1) is 16.5 Å². The van der Waals surface area contributed by atoms with E-state index < -0.39 is 28.0 Å². The molecule has 6 nitrogen and oxygen atoms in total. The number of nitrogens with one attached hydrogen (secondary N) is 1. The summed E-state index contributed by atoms with van der Waals surface area (Å²) >= 11 is 0. The smallest absolute Gasteiger partial charge is 0.322 e. The second-order valence-electron chi connectivity index (χ2n) is 4.77. The molecule has 7 heteroatoms. The molecular formula is C13H16N2O4S. The van der Waals surface area contributed by atoms with Crippen molar-refractivity contribution in [2.75, 3.05) is 0 Å². The highest BCUT2D eigenvalue weighted by molar-refractivity contribution is 7.89. The van der Waals surface area contributed by atoms with Gasteiger partial charge in [-0.2, -0.15) is 9.98 Å². The standard InChI is InChI=1S/C13H16N2O4S/c1-8(2)12(13(16)17)15-20(18,19)11-6-10(7-14)5-4-9(11)3/h4-6,8,12,15H,1-3H3,(H,16,17)/t12-/m0/s1. The molecule has 0 aromatic heterocycles. The Labute approximate surface area is 118 Å². The van der Waals surface area contributed by atoms with Crippen LogP contribution in [0.2, 0.25) is 0 Å². The zero-order chi connectivity index (χ0) is 15.5. The minimum atomic E-state index is -3.99. The maximum Gasteiger partial charge on any atom is 0.322 e. The number of carboxylic acids is 1. The molecule has 0 fully saturated rings. The van der Waals surface area contributed by atoms with Gasteiger partial charge in [0.1, 0.15) is 6.04 Å². The molecule has 0 aliphatic heterocycles. The number of aryl methyl sites for hydroxylation is 1. The Hall–Kier alpha value is -1.91. The van der Waals surface area contributed by atoms with Crippen molar-refractivity contribution in [2.45, 2.75) is 31.7 Å². The molecule has 0 saturated heterocycles. The fourth-order valence-corrected chi connectivity index (χ4v) is 3.27. The summed E-state index contributed by atoms with van der Waals surface area (Å²) in [5.74, 6) is -1.64. The van der Waals surface area contributed by atoms with Crippen molar-refractivity contribution < 1.29 is 18.3 Å². The molecular weight excluding hydrogens is 280 g/mol. The summed E-state index contributed by atoms with van der Waals surface area (Å²) in [5, 5.41) is 17.9. The van der Waals surface area contributed by atoms with Gasteiger partial charge in [0.2, 0.25) is 10.0 Å². The topological polar surface area (TPSA) is 107 Å². The molecule has 0 bridgehead atoms. The second kappa shape index (κ2) is 6.03. The van der Waals surface area contributed by atoms with Crippen LogP contribution >= 0.6 is 0 Å². The number of aliphatic carboxylic acids is 1. The van der Waals surface area contributed by atoms with E-state index in [0.717, 1.165) is 0 Å². The molecule has 0 unspecified atom stereocenters. The van der Waals surface area contributed by atoms with Crippen LogP contribution in [0, 0.1) is 24.2 Å². The van der Waals surface area contributed by atoms with Gasteiger partial charge in [-0.05, 0) is 30.5 Å². The van der Waals surface area contributed by atoms with Crippen molar-refractivity contribution in [1.29, 1.82) is 5.26 Å². The number of benzene rings is 1. The first-order valence-corrected chi connectivity index (χ1v) is 7.43. The molecule has 0 heterocycles. The Morgan fingerprint density at radius 2 is 2.00 bits per heavy atom. The van der Waals surface area contributed by atoms with E-state index in [1.54, 1.807) is 20.8 Å². The summed E-state index contributed by atoms with van der Waals surface area (Å²) in [5.41, 5.74) is 0.650. The van der Waals surface area contributed by atoms with Crippen molar-refractivity contribution in [3.05, 3.63) is 29.3 Å². The maximum absolute atomic E-state index is 12.3. The average Bonchev–Trinajstić information content (AvgIpc) is 2.35. The minimum Gasteiger partial charge on any atom is -0.480 e. The van der Waals surface area contributed by atoms with E-state index >= 15 is 0 Å². The molecule has 1 rings (SSSR count). The predicted octanol–water partition coefficient (Wildman–Crippen LogP) is 1.25. The van der Waals surface area contributed by atoms with Gasteiger partial charge in [0.15, 0.2) is 0 Å². The Morgan fingerprint density at radius 1 is 1.40 bits per heavy atom. The monoisotopic (exact) mass is 296 g/mol. The number of carboxylic acid groups (broad SMARTS) is 1. The third-order valence-corrected chi connectivity index (χ3v) is 4.40. The molecule has 2 N–H and O–H groups in total. The molecule has 1 atom stereocenters. The number of sulfonamides is 1. The van der Waals surface area contributed by atoms with Gasteiger partial charge in [-0.1, -0.05) is 19.9 Å². The Balaban J connectivity index is 3.24. The number of carbonyl (C=O) groups is 1. The molecule has 0 amide bonds. The highest BCUT2D eigenvalue weighted by Gasteiger charge is 2.28. The van der Waals surface area contributed by atoms with Gasteiger partial charge in [0.25, 0.3) is 0 Å². The van der Waals surface area contributed by atoms with Gasteiger partial charge < -0.3 is 5.11 Å². The van der Waals surface area contributed by atoms with E-state index in [9.17, 15) is 13.2 Å². The van der Waals surface area contributed by atoms with Crippen molar-refractivity contribution in [3.63, 3.8) is 0 Å². The van der Waals surface area contributed by atoms with Gasteiger partial charge >= 0.3 is 5.97 Å². The Bertz CT molecular complexity index is 659. The zero-order valence-corrected chi connectivity index (χ0v) is 12.2. The summed E-state index contributed by atoms with van der Waals surface area (Å²) in [6, 6.07) is 4.89. The zero-order valence-electron chi connectivity index (χ0n) is 11.4. The number of nitriles is 1. The van der Waals surface area contributed by atoms with E-state index in [0.29, 0.717) is 5.56 Å². The summed E-state index contributed by atoms with van der Waals surface area (Å²) in [6.07, 6.45) is 0. The van der Waals surface area contributed by atoms with Crippen molar-refractivity contribution in [3.8, 4) is 6.07 Å². The normalized spacial score (nSPS) is 12.9. The SMILES string of the molecule is Cc1ccc(C#N)cc1S(=O)(=O)N[C@H](C(=O)O)C(C)C. The van der Waals surface area contributed by atoms with Crippen molar-refractivity contribution in [1.82, 2.24) is 4.72 Å². The molecule has 108 valence electrons. The largest absolute Gasteiger partial charge is 0.480 e. The highest BCUT2D eigenvalue weighted by atomic mass is 32.2. The van der Waals surface area contributed by atoms with Gasteiger partial charge in [-0.25, -0.2) is 8.42 Å². The summed E-state index contributed by atoms with van der Waals surface area (Å²) < 4.78 is 26.7. The van der Waals surface area contributed by atoms with E-state index in [1.807, 2.05) is 6.07 Å². The molecule has 1 aromatic carbocycles. The fraction of sp³-hybridized carbons (Fsp3) is 0.385. The van der Waals surface area contributed by atoms with Crippen molar-refractivity contribution in [2.24, 2.45) is 5.92 Å².